The molecule has 0 aromatic heterocycles. The topological polar surface area (TPSA) is 39.7 Å². The molecule has 0 radical (unpaired) electrons. The lowest BCUT2D eigenvalue weighted by Gasteiger charge is -2.20. The SMILES string of the molecule is COCC(CNC(C)C)Oc1ccc(OC(F)(F)F)cc1. The van der Waals surface area contributed by atoms with Crippen LogP contribution in [0.3, 0.4) is 0 Å². The lowest BCUT2D eigenvalue weighted by atomic mass is 10.3. The van der Waals surface area contributed by atoms with Gasteiger partial charge in [0.25, 0.3) is 0 Å². The number of nitrogens with one attached hydrogen (secondary N) is 1. The molecule has 1 aromatic rings. The van der Waals surface area contributed by atoms with Gasteiger partial charge in [0.2, 0.25) is 0 Å². The molecule has 4 nitrogen and oxygen atoms in total. The summed E-state index contributed by atoms with van der Waals surface area (Å²) in [5.41, 5.74) is 0. The van der Waals surface area contributed by atoms with Gasteiger partial charge in [-0.05, 0) is 24.3 Å². The number of ether oxygens (including phenoxy) is 3. The van der Waals surface area contributed by atoms with Gasteiger partial charge in [-0.2, -0.15) is 0 Å². The predicted octanol–water partition coefficient (Wildman–Crippen LogP) is 2.98. The van der Waals surface area contributed by atoms with Gasteiger partial charge in [-0.1, -0.05) is 13.8 Å². The first-order valence-corrected chi connectivity index (χ1v) is 6.55. The molecule has 0 aliphatic heterocycles. The molecule has 120 valence electrons. The van der Waals surface area contributed by atoms with Crippen LogP contribution in [0.15, 0.2) is 24.3 Å². The van der Waals surface area contributed by atoms with E-state index in [1.807, 2.05) is 13.8 Å². The van der Waals surface area contributed by atoms with E-state index in [1.165, 1.54) is 24.3 Å². The molecule has 0 heterocycles. The molecule has 0 aliphatic carbocycles. The fourth-order valence-corrected chi connectivity index (χ4v) is 1.60. The minimum absolute atomic E-state index is 0.230. The Balaban J connectivity index is 2.58. The van der Waals surface area contributed by atoms with Gasteiger partial charge in [-0.3, -0.25) is 0 Å². The normalized spacial score (nSPS) is 13.3. The van der Waals surface area contributed by atoms with Crippen LogP contribution in [0.2, 0.25) is 0 Å². The number of rotatable bonds is 8. The number of methoxy groups -OCH3 is 1. The average Bonchev–Trinajstić information content (AvgIpc) is 2.37. The lowest BCUT2D eigenvalue weighted by molar-refractivity contribution is -0.274. The van der Waals surface area contributed by atoms with Crippen molar-refractivity contribution in [2.45, 2.75) is 32.4 Å². The summed E-state index contributed by atoms with van der Waals surface area (Å²) in [5, 5.41) is 3.21. The van der Waals surface area contributed by atoms with E-state index in [2.05, 4.69) is 10.1 Å². The molecular formula is C14H20F3NO3. The van der Waals surface area contributed by atoms with E-state index < -0.39 is 6.36 Å². The second-order valence-electron chi connectivity index (χ2n) is 4.78. The monoisotopic (exact) mass is 307 g/mol. The first-order valence-electron chi connectivity index (χ1n) is 6.55. The second kappa shape index (κ2) is 8.09. The predicted molar refractivity (Wildman–Crippen MR) is 72.6 cm³/mol. The zero-order valence-electron chi connectivity index (χ0n) is 12.2. The number of halogens is 3. The van der Waals surface area contributed by atoms with Crippen LogP contribution in [0.25, 0.3) is 0 Å². The van der Waals surface area contributed by atoms with Crippen molar-refractivity contribution in [2.24, 2.45) is 0 Å². The quantitative estimate of drug-likeness (QED) is 0.801. The maximum atomic E-state index is 12.1. The molecule has 21 heavy (non-hydrogen) atoms. The maximum Gasteiger partial charge on any atom is 0.573 e. The van der Waals surface area contributed by atoms with E-state index >= 15 is 0 Å². The summed E-state index contributed by atoms with van der Waals surface area (Å²) < 4.78 is 50.7. The third kappa shape index (κ3) is 7.77. The fraction of sp³-hybridized carbons (Fsp3) is 0.571. The van der Waals surface area contributed by atoms with Crippen LogP contribution in [0.4, 0.5) is 13.2 Å². The first-order chi connectivity index (χ1) is 9.80. The molecule has 0 spiro atoms. The van der Waals surface area contributed by atoms with Crippen molar-refractivity contribution in [3.8, 4) is 11.5 Å². The van der Waals surface area contributed by atoms with Gasteiger partial charge in [0, 0.05) is 19.7 Å². The number of hydrogen-bond donors (Lipinski definition) is 1. The van der Waals surface area contributed by atoms with E-state index in [0.717, 1.165) is 0 Å². The molecule has 1 unspecified atom stereocenters. The van der Waals surface area contributed by atoms with Crippen molar-refractivity contribution in [3.63, 3.8) is 0 Å². The van der Waals surface area contributed by atoms with Crippen molar-refractivity contribution in [1.82, 2.24) is 5.32 Å². The van der Waals surface area contributed by atoms with Gasteiger partial charge >= 0.3 is 6.36 Å². The van der Waals surface area contributed by atoms with E-state index in [-0.39, 0.29) is 11.9 Å². The summed E-state index contributed by atoms with van der Waals surface area (Å²) in [5.74, 6) is 0.176. The third-order valence-corrected chi connectivity index (χ3v) is 2.47. The highest BCUT2D eigenvalue weighted by molar-refractivity contribution is 5.31. The Morgan fingerprint density at radius 1 is 1.10 bits per heavy atom. The van der Waals surface area contributed by atoms with Crippen LogP contribution >= 0.6 is 0 Å². The highest BCUT2D eigenvalue weighted by atomic mass is 19.4. The van der Waals surface area contributed by atoms with E-state index in [4.69, 9.17) is 9.47 Å². The summed E-state index contributed by atoms with van der Waals surface area (Å²) in [6.07, 6.45) is -4.92. The van der Waals surface area contributed by atoms with E-state index in [9.17, 15) is 13.2 Å². The Kier molecular flexibility index (Phi) is 6.77. The van der Waals surface area contributed by atoms with Crippen LogP contribution in [0, 0.1) is 0 Å². The number of benzene rings is 1. The van der Waals surface area contributed by atoms with Crippen LogP contribution in [0.5, 0.6) is 11.5 Å². The zero-order chi connectivity index (χ0) is 15.9. The molecule has 7 heteroatoms. The Hall–Kier alpha value is -1.47. The van der Waals surface area contributed by atoms with Gasteiger partial charge in [0.05, 0.1) is 6.61 Å². The van der Waals surface area contributed by atoms with Crippen molar-refractivity contribution in [2.75, 3.05) is 20.3 Å². The highest BCUT2D eigenvalue weighted by Crippen LogP contribution is 2.25. The standard InChI is InChI=1S/C14H20F3NO3/c1-10(2)18-8-13(9-19-3)20-11-4-6-12(7-5-11)21-14(15,16)17/h4-7,10,13,18H,8-9H2,1-3H3. The number of hydrogen-bond acceptors (Lipinski definition) is 4. The molecular weight excluding hydrogens is 287 g/mol. The van der Waals surface area contributed by atoms with Crippen molar-refractivity contribution >= 4 is 0 Å². The van der Waals surface area contributed by atoms with Gasteiger partial charge in [-0.25, -0.2) is 0 Å². The summed E-state index contributed by atoms with van der Waals surface area (Å²) in [7, 11) is 1.56. The zero-order valence-corrected chi connectivity index (χ0v) is 12.2. The molecule has 0 saturated carbocycles. The summed E-state index contributed by atoms with van der Waals surface area (Å²) in [6, 6.07) is 5.58. The van der Waals surface area contributed by atoms with Crippen molar-refractivity contribution < 1.29 is 27.4 Å². The van der Waals surface area contributed by atoms with Gasteiger partial charge < -0.3 is 19.5 Å². The van der Waals surface area contributed by atoms with Gasteiger partial charge in [-0.15, -0.1) is 13.2 Å². The van der Waals surface area contributed by atoms with E-state index in [1.54, 1.807) is 7.11 Å². The molecule has 0 fully saturated rings. The van der Waals surface area contributed by atoms with Crippen LogP contribution in [-0.2, 0) is 4.74 Å². The van der Waals surface area contributed by atoms with E-state index in [0.29, 0.717) is 24.9 Å². The molecule has 1 rings (SSSR count). The summed E-state index contributed by atoms with van der Waals surface area (Å²) in [6.45, 7) is 4.97. The van der Waals surface area contributed by atoms with Crippen LogP contribution in [-0.4, -0.2) is 38.8 Å². The third-order valence-electron chi connectivity index (χ3n) is 2.47. The maximum absolute atomic E-state index is 12.1. The van der Waals surface area contributed by atoms with Crippen LogP contribution < -0.4 is 14.8 Å². The largest absolute Gasteiger partial charge is 0.573 e. The van der Waals surface area contributed by atoms with Crippen molar-refractivity contribution in [1.29, 1.82) is 0 Å². The Morgan fingerprint density at radius 2 is 1.67 bits per heavy atom. The highest BCUT2D eigenvalue weighted by Gasteiger charge is 2.31. The molecule has 1 aromatic carbocycles. The van der Waals surface area contributed by atoms with Gasteiger partial charge in [0.1, 0.15) is 17.6 Å². The number of alkyl halides is 3. The van der Waals surface area contributed by atoms with Crippen LogP contribution in [0.1, 0.15) is 13.8 Å². The minimum atomic E-state index is -4.69. The molecule has 1 atom stereocenters. The first kappa shape index (κ1) is 17.6. The molecule has 0 bridgehead atoms. The fourth-order valence-electron chi connectivity index (χ4n) is 1.60. The Labute approximate surface area is 122 Å². The Morgan fingerprint density at radius 3 is 2.14 bits per heavy atom. The second-order valence-corrected chi connectivity index (χ2v) is 4.78. The molecule has 0 amide bonds. The molecule has 0 saturated heterocycles. The summed E-state index contributed by atoms with van der Waals surface area (Å²) in [4.78, 5) is 0. The Bertz CT molecular complexity index is 407. The summed E-state index contributed by atoms with van der Waals surface area (Å²) >= 11 is 0. The molecule has 0 aliphatic rings. The van der Waals surface area contributed by atoms with Crippen molar-refractivity contribution in [3.05, 3.63) is 24.3 Å². The molecule has 1 N–H and O–H groups in total. The lowest BCUT2D eigenvalue weighted by Crippen LogP contribution is -2.38. The average molecular weight is 307 g/mol. The minimum Gasteiger partial charge on any atom is -0.487 e. The van der Waals surface area contributed by atoms with Gasteiger partial charge in [0.15, 0.2) is 0 Å². The smallest absolute Gasteiger partial charge is 0.487 e.